The molecule has 9 rings (SSSR count). The van der Waals surface area contributed by atoms with Crippen molar-refractivity contribution in [2.45, 2.75) is 78.1 Å². The summed E-state index contributed by atoms with van der Waals surface area (Å²) >= 11 is 0. The summed E-state index contributed by atoms with van der Waals surface area (Å²) in [6.45, 7) is 13.7. The molecule has 0 aromatic heterocycles. The number of rotatable bonds is 10. The van der Waals surface area contributed by atoms with Gasteiger partial charge in [-0.2, -0.15) is 0 Å². The zero-order chi connectivity index (χ0) is 41.9. The molecule has 1 aliphatic heterocycles. The molecular formula is C59H63NO. The summed E-state index contributed by atoms with van der Waals surface area (Å²) < 4.78 is 6.69. The molecule has 0 amide bonds. The Morgan fingerprint density at radius 3 is 2.38 bits per heavy atom. The number of allylic oxidation sites excluding steroid dienone is 29. The van der Waals surface area contributed by atoms with Crippen LogP contribution < -0.4 is 4.74 Å². The molecule has 0 fully saturated rings. The van der Waals surface area contributed by atoms with Gasteiger partial charge in [-0.1, -0.05) is 178 Å². The first kappa shape index (κ1) is 40.9. The Morgan fingerprint density at radius 2 is 1.66 bits per heavy atom. The van der Waals surface area contributed by atoms with E-state index in [0.29, 0.717) is 23.7 Å². The number of hydrogen-bond acceptors (Lipinski definition) is 2. The van der Waals surface area contributed by atoms with Crippen LogP contribution in [0, 0.1) is 47.3 Å². The van der Waals surface area contributed by atoms with E-state index in [2.05, 4.69) is 198 Å². The summed E-state index contributed by atoms with van der Waals surface area (Å²) in [5, 5.41) is 0. The lowest BCUT2D eigenvalue weighted by Gasteiger charge is -2.50. The zero-order valence-corrected chi connectivity index (χ0v) is 36.7. The molecular weight excluding hydrogens is 739 g/mol. The van der Waals surface area contributed by atoms with Crippen LogP contribution in [0.25, 0.3) is 0 Å². The summed E-state index contributed by atoms with van der Waals surface area (Å²) in [4.78, 5) is 5.60. The van der Waals surface area contributed by atoms with Gasteiger partial charge in [-0.05, 0) is 116 Å². The van der Waals surface area contributed by atoms with Crippen LogP contribution in [0.1, 0.15) is 78.2 Å². The van der Waals surface area contributed by atoms with Crippen LogP contribution in [0.3, 0.4) is 0 Å². The van der Waals surface area contributed by atoms with E-state index in [4.69, 9.17) is 9.73 Å². The van der Waals surface area contributed by atoms with E-state index in [9.17, 15) is 0 Å². The first-order valence-electron chi connectivity index (χ1n) is 23.2. The van der Waals surface area contributed by atoms with Gasteiger partial charge in [0.25, 0.3) is 0 Å². The Bertz CT molecular complexity index is 2430. The van der Waals surface area contributed by atoms with Gasteiger partial charge in [0.05, 0.1) is 5.41 Å². The molecule has 0 N–H and O–H groups in total. The van der Waals surface area contributed by atoms with Gasteiger partial charge in [0.2, 0.25) is 0 Å². The molecule has 2 nitrogen and oxygen atoms in total. The number of aliphatic imine (C=N–C) groups is 1. The van der Waals surface area contributed by atoms with Gasteiger partial charge in [-0.3, -0.25) is 4.99 Å². The summed E-state index contributed by atoms with van der Waals surface area (Å²) in [6, 6.07) is 8.82. The van der Waals surface area contributed by atoms with Crippen molar-refractivity contribution < 1.29 is 4.74 Å². The van der Waals surface area contributed by atoms with Crippen molar-refractivity contribution in [3.8, 4) is 5.75 Å². The van der Waals surface area contributed by atoms with Gasteiger partial charge in [0.1, 0.15) is 11.5 Å². The molecule has 310 valence electrons. The van der Waals surface area contributed by atoms with Gasteiger partial charge in [0, 0.05) is 40.6 Å². The van der Waals surface area contributed by atoms with Crippen LogP contribution in [0.15, 0.2) is 220 Å². The minimum absolute atomic E-state index is 0.0334. The molecule has 2 heteroatoms. The van der Waals surface area contributed by atoms with E-state index in [1.54, 1.807) is 0 Å². The fourth-order valence-corrected chi connectivity index (χ4v) is 11.2. The van der Waals surface area contributed by atoms with Crippen molar-refractivity contribution >= 4 is 5.71 Å². The lowest BCUT2D eigenvalue weighted by molar-refractivity contribution is 0.310. The quantitative estimate of drug-likeness (QED) is 0.171. The maximum Gasteiger partial charge on any atom is 0.131 e. The van der Waals surface area contributed by atoms with E-state index in [-0.39, 0.29) is 29.1 Å². The summed E-state index contributed by atoms with van der Waals surface area (Å²) in [7, 11) is 0. The molecule has 0 radical (unpaired) electrons. The largest absolute Gasteiger partial charge is 0.457 e. The third kappa shape index (κ3) is 8.07. The first-order chi connectivity index (χ1) is 29.8. The smallest absolute Gasteiger partial charge is 0.131 e. The van der Waals surface area contributed by atoms with E-state index >= 15 is 0 Å². The highest BCUT2D eigenvalue weighted by Crippen LogP contribution is 2.59. The lowest BCUT2D eigenvalue weighted by Crippen LogP contribution is -2.44. The highest BCUT2D eigenvalue weighted by atomic mass is 16.5. The second-order valence-corrected chi connectivity index (χ2v) is 18.5. The Labute approximate surface area is 366 Å². The van der Waals surface area contributed by atoms with Crippen LogP contribution in [-0.2, 0) is 5.41 Å². The van der Waals surface area contributed by atoms with Crippen LogP contribution in [0.4, 0.5) is 0 Å². The molecule has 0 bridgehead atoms. The second kappa shape index (κ2) is 17.9. The van der Waals surface area contributed by atoms with Gasteiger partial charge in [-0.15, -0.1) is 6.58 Å². The van der Waals surface area contributed by atoms with Crippen molar-refractivity contribution in [3.05, 3.63) is 221 Å². The van der Waals surface area contributed by atoms with Crippen molar-refractivity contribution in [1.82, 2.24) is 0 Å². The fourth-order valence-electron chi connectivity index (χ4n) is 11.2. The molecule has 0 saturated heterocycles. The molecule has 0 saturated carbocycles. The summed E-state index contributed by atoms with van der Waals surface area (Å²) in [5.41, 5.74) is 11.7. The van der Waals surface area contributed by atoms with Gasteiger partial charge < -0.3 is 4.74 Å². The molecule has 8 aliphatic rings. The van der Waals surface area contributed by atoms with Gasteiger partial charge >= 0.3 is 0 Å². The minimum Gasteiger partial charge on any atom is -0.457 e. The molecule has 1 aromatic rings. The normalized spacial score (nSPS) is 32.3. The van der Waals surface area contributed by atoms with Crippen molar-refractivity contribution in [2.24, 2.45) is 52.3 Å². The van der Waals surface area contributed by atoms with Crippen LogP contribution >= 0.6 is 0 Å². The monoisotopic (exact) mass is 801 g/mol. The SMILES string of the molecule is C=CC(/C=C(\N=C(C)C1C=CC(C2C=CC=CC2)=CC1C)C1C=CC(C2=CCC(C)C=C2)=CC1)C1=CCC([C@]2(C3=CC=CC[C@@H]3C)C3=C(C=CCC3)Oc3ccccc32)C=C1. The van der Waals surface area contributed by atoms with Crippen LogP contribution in [0.2, 0.25) is 0 Å². The minimum atomic E-state index is -0.274. The predicted octanol–water partition coefficient (Wildman–Crippen LogP) is 15.0. The van der Waals surface area contributed by atoms with Gasteiger partial charge in [-0.25, -0.2) is 0 Å². The predicted molar refractivity (Wildman–Crippen MR) is 258 cm³/mol. The first-order valence-corrected chi connectivity index (χ1v) is 23.2. The van der Waals surface area contributed by atoms with E-state index in [0.717, 1.165) is 62.2 Å². The Kier molecular flexibility index (Phi) is 12.0. The number of benzene rings is 1. The highest BCUT2D eigenvalue weighted by Gasteiger charge is 2.52. The van der Waals surface area contributed by atoms with Crippen LogP contribution in [0.5, 0.6) is 5.75 Å². The number of ether oxygens (including phenoxy) is 1. The molecule has 7 aliphatic carbocycles. The Morgan fingerprint density at radius 1 is 0.820 bits per heavy atom. The van der Waals surface area contributed by atoms with Crippen molar-refractivity contribution in [1.29, 1.82) is 0 Å². The van der Waals surface area contributed by atoms with Crippen molar-refractivity contribution in [3.63, 3.8) is 0 Å². The molecule has 9 atom stereocenters. The van der Waals surface area contributed by atoms with E-state index in [1.807, 2.05) is 0 Å². The van der Waals surface area contributed by atoms with Crippen LogP contribution in [-0.4, -0.2) is 5.71 Å². The highest BCUT2D eigenvalue weighted by molar-refractivity contribution is 5.88. The third-order valence-corrected chi connectivity index (χ3v) is 14.5. The standard InChI is InChI=1S/C59H63NO/c1-6-44(46-32-35-51(36-33-46)59(53-19-11-10-16-41(53)3)54-20-12-14-22-57(54)61-58-23-15-13-21-55(58)59)39-56(49-30-28-48(29-31-49)47-26-24-40(2)25-27-47)60-43(5)52-37-34-50(38-42(52)4)45-17-8-7-9-18-45/h6-12,14-15,17,19-20,22-24,26-30,32-35,37-42,44-45,49,51-52H,1,13,16,18,21,25,31,36H2,2-5H3/b56-39-,60-43?/t40?,41-,42?,44?,45?,49?,51?,52?,59+/m0/s1. The molecule has 1 aromatic carbocycles. The number of nitrogens with zero attached hydrogens (tertiary/aromatic N) is 1. The molecule has 0 spiro atoms. The molecule has 61 heavy (non-hydrogen) atoms. The van der Waals surface area contributed by atoms with E-state index < -0.39 is 0 Å². The number of hydrogen-bond donors (Lipinski definition) is 0. The van der Waals surface area contributed by atoms with E-state index in [1.165, 1.54) is 44.7 Å². The Hall–Kier alpha value is -5.47. The molecule has 7 unspecified atom stereocenters. The summed E-state index contributed by atoms with van der Waals surface area (Å²) in [5.74, 6) is 4.62. The van der Waals surface area contributed by atoms with Gasteiger partial charge in [0.15, 0.2) is 0 Å². The second-order valence-electron chi connectivity index (χ2n) is 18.5. The average molecular weight is 802 g/mol. The maximum absolute atomic E-state index is 6.69. The number of fused-ring (bicyclic) bond motifs is 1. The number of para-hydroxylation sites is 1. The zero-order valence-electron chi connectivity index (χ0n) is 36.7. The Balaban J connectivity index is 1.05. The average Bonchev–Trinajstić information content (AvgIpc) is 3.30. The maximum atomic E-state index is 6.69. The fraction of sp³-hybridized carbons (Fsp3) is 0.339. The third-order valence-electron chi connectivity index (χ3n) is 14.5. The molecule has 1 heterocycles. The lowest BCUT2D eigenvalue weighted by atomic mass is 9.54. The topological polar surface area (TPSA) is 21.6 Å². The summed E-state index contributed by atoms with van der Waals surface area (Å²) in [6.07, 6.45) is 61.1. The van der Waals surface area contributed by atoms with Crippen molar-refractivity contribution in [2.75, 3.05) is 0 Å².